The van der Waals surface area contributed by atoms with Gasteiger partial charge in [0, 0.05) is 48.4 Å². The second-order valence-electron chi connectivity index (χ2n) is 6.71. The number of sulfonamides is 1. The van der Waals surface area contributed by atoms with Crippen LogP contribution in [0.15, 0.2) is 52.0 Å². The number of halogens is 1. The zero-order valence-electron chi connectivity index (χ0n) is 16.4. The van der Waals surface area contributed by atoms with Crippen LogP contribution in [0.3, 0.4) is 0 Å². The van der Waals surface area contributed by atoms with Crippen molar-refractivity contribution in [1.82, 2.24) is 14.2 Å². The molecule has 1 aromatic heterocycles. The number of likely N-dealkylation sites (tertiary alicyclic amines) is 1. The minimum absolute atomic E-state index is 0.116. The Morgan fingerprint density at radius 3 is 2.48 bits per heavy atom. The molecule has 7 nitrogen and oxygen atoms in total. The fourth-order valence-corrected chi connectivity index (χ4v) is 4.97. The first-order chi connectivity index (χ1) is 13.8. The fraction of sp³-hybridized carbons (Fsp3) is 0.400. The number of hydrogen-bond acceptors (Lipinski definition) is 5. The van der Waals surface area contributed by atoms with Crippen molar-refractivity contribution >= 4 is 31.9 Å². The topological polar surface area (TPSA) is 79.8 Å². The molecule has 156 valence electrons. The number of hydrogen-bond donors (Lipinski definition) is 0. The SMILES string of the molecule is CCN(CC)S(=O)(=O)c1ccc(C(=O)N2CCC(Oc3ccc(Br)cn3)C2)cc1. The molecule has 1 aliphatic heterocycles. The van der Waals surface area contributed by atoms with E-state index in [1.807, 2.05) is 6.07 Å². The Labute approximate surface area is 179 Å². The maximum Gasteiger partial charge on any atom is 0.253 e. The molecular weight excluding hydrogens is 458 g/mol. The molecule has 2 aromatic rings. The van der Waals surface area contributed by atoms with E-state index < -0.39 is 10.0 Å². The van der Waals surface area contributed by atoms with Crippen LogP contribution in [-0.2, 0) is 10.0 Å². The summed E-state index contributed by atoms with van der Waals surface area (Å²) < 4.78 is 33.3. The molecule has 1 aromatic carbocycles. The van der Waals surface area contributed by atoms with Crippen molar-refractivity contribution in [2.24, 2.45) is 0 Å². The Morgan fingerprint density at radius 2 is 1.90 bits per heavy atom. The smallest absolute Gasteiger partial charge is 0.253 e. The van der Waals surface area contributed by atoms with Crippen molar-refractivity contribution in [3.63, 3.8) is 0 Å². The molecule has 3 rings (SSSR count). The summed E-state index contributed by atoms with van der Waals surface area (Å²) in [6, 6.07) is 9.78. The van der Waals surface area contributed by atoms with Gasteiger partial charge >= 0.3 is 0 Å². The number of ether oxygens (including phenoxy) is 1. The monoisotopic (exact) mass is 481 g/mol. The Balaban J connectivity index is 1.64. The normalized spacial score (nSPS) is 17.0. The van der Waals surface area contributed by atoms with E-state index in [1.165, 1.54) is 16.4 Å². The summed E-state index contributed by atoms with van der Waals surface area (Å²) in [4.78, 5) is 18.9. The van der Waals surface area contributed by atoms with E-state index in [2.05, 4.69) is 20.9 Å². The molecule has 1 fully saturated rings. The molecule has 0 radical (unpaired) electrons. The van der Waals surface area contributed by atoms with E-state index in [-0.39, 0.29) is 16.9 Å². The number of amides is 1. The van der Waals surface area contributed by atoms with Crippen LogP contribution in [0.4, 0.5) is 0 Å². The molecule has 1 atom stereocenters. The summed E-state index contributed by atoms with van der Waals surface area (Å²) in [6.45, 7) is 5.46. The molecule has 0 N–H and O–H groups in total. The van der Waals surface area contributed by atoms with Gasteiger partial charge < -0.3 is 9.64 Å². The van der Waals surface area contributed by atoms with Crippen molar-refractivity contribution in [2.45, 2.75) is 31.3 Å². The molecule has 9 heteroatoms. The Morgan fingerprint density at radius 1 is 1.21 bits per heavy atom. The maximum atomic E-state index is 12.8. The van der Waals surface area contributed by atoms with Crippen LogP contribution in [0.5, 0.6) is 5.88 Å². The minimum atomic E-state index is -3.53. The highest BCUT2D eigenvalue weighted by Gasteiger charge is 2.29. The molecule has 1 saturated heterocycles. The Kier molecular flexibility index (Phi) is 6.92. The lowest BCUT2D eigenvalue weighted by Gasteiger charge is -2.19. The zero-order chi connectivity index (χ0) is 21.0. The van der Waals surface area contributed by atoms with E-state index in [4.69, 9.17) is 4.74 Å². The molecule has 0 bridgehead atoms. The number of carbonyl (C=O) groups excluding carboxylic acids is 1. The first kappa shape index (κ1) is 21.7. The quantitative estimate of drug-likeness (QED) is 0.606. The van der Waals surface area contributed by atoms with Gasteiger partial charge in [0.1, 0.15) is 6.10 Å². The molecule has 29 heavy (non-hydrogen) atoms. The number of nitrogens with zero attached hydrogens (tertiary/aromatic N) is 3. The van der Waals surface area contributed by atoms with Gasteiger partial charge in [-0.05, 0) is 46.3 Å². The van der Waals surface area contributed by atoms with Crippen LogP contribution < -0.4 is 4.74 Å². The lowest BCUT2D eigenvalue weighted by atomic mass is 10.2. The van der Waals surface area contributed by atoms with Gasteiger partial charge in [0.15, 0.2) is 0 Å². The molecule has 0 spiro atoms. The molecule has 0 saturated carbocycles. The molecule has 2 heterocycles. The number of pyridine rings is 1. The van der Waals surface area contributed by atoms with Crippen molar-refractivity contribution in [1.29, 1.82) is 0 Å². The van der Waals surface area contributed by atoms with Gasteiger partial charge in [-0.2, -0.15) is 4.31 Å². The summed E-state index contributed by atoms with van der Waals surface area (Å²) in [5.74, 6) is 0.394. The Hall–Kier alpha value is -1.97. The third-order valence-corrected chi connectivity index (χ3v) is 7.40. The third kappa shape index (κ3) is 4.96. The molecule has 1 unspecified atom stereocenters. The highest BCUT2D eigenvalue weighted by atomic mass is 79.9. The van der Waals surface area contributed by atoms with Gasteiger partial charge in [-0.1, -0.05) is 13.8 Å². The van der Waals surface area contributed by atoms with Gasteiger partial charge in [0.05, 0.1) is 11.4 Å². The van der Waals surface area contributed by atoms with Gasteiger partial charge in [0.25, 0.3) is 5.91 Å². The van der Waals surface area contributed by atoms with E-state index >= 15 is 0 Å². The summed E-state index contributed by atoms with van der Waals surface area (Å²) in [5, 5.41) is 0. The Bertz CT molecular complexity index is 945. The number of carbonyl (C=O) groups is 1. The van der Waals surface area contributed by atoms with Crippen LogP contribution in [0.25, 0.3) is 0 Å². The van der Waals surface area contributed by atoms with Crippen molar-refractivity contribution in [3.05, 3.63) is 52.6 Å². The summed E-state index contributed by atoms with van der Waals surface area (Å²) >= 11 is 3.33. The average molecular weight is 482 g/mol. The third-order valence-electron chi connectivity index (χ3n) is 4.86. The summed E-state index contributed by atoms with van der Waals surface area (Å²) in [5.41, 5.74) is 0.464. The number of benzene rings is 1. The number of aromatic nitrogens is 1. The van der Waals surface area contributed by atoms with Crippen LogP contribution in [0.2, 0.25) is 0 Å². The van der Waals surface area contributed by atoms with E-state index in [9.17, 15) is 13.2 Å². The predicted octanol–water partition coefficient (Wildman–Crippen LogP) is 3.17. The van der Waals surface area contributed by atoms with Crippen molar-refractivity contribution in [3.8, 4) is 5.88 Å². The fourth-order valence-electron chi connectivity index (χ4n) is 3.28. The zero-order valence-corrected chi connectivity index (χ0v) is 18.8. The van der Waals surface area contributed by atoms with Crippen LogP contribution in [0.1, 0.15) is 30.6 Å². The second kappa shape index (κ2) is 9.23. The summed E-state index contributed by atoms with van der Waals surface area (Å²) in [6.07, 6.45) is 2.27. The first-order valence-corrected chi connectivity index (χ1v) is 11.8. The summed E-state index contributed by atoms with van der Waals surface area (Å²) in [7, 11) is -3.53. The maximum absolute atomic E-state index is 12.8. The molecule has 0 aliphatic carbocycles. The van der Waals surface area contributed by atoms with E-state index in [0.29, 0.717) is 37.6 Å². The minimum Gasteiger partial charge on any atom is -0.472 e. The van der Waals surface area contributed by atoms with Crippen LogP contribution in [-0.4, -0.2) is 60.8 Å². The van der Waals surface area contributed by atoms with Crippen molar-refractivity contribution < 1.29 is 17.9 Å². The van der Waals surface area contributed by atoms with E-state index in [0.717, 1.165) is 10.9 Å². The number of rotatable bonds is 7. The van der Waals surface area contributed by atoms with Gasteiger partial charge in [0.2, 0.25) is 15.9 Å². The molecular formula is C20H24BrN3O4S. The first-order valence-electron chi connectivity index (χ1n) is 9.52. The highest BCUT2D eigenvalue weighted by molar-refractivity contribution is 9.10. The lowest BCUT2D eigenvalue weighted by molar-refractivity contribution is 0.0771. The van der Waals surface area contributed by atoms with Crippen LogP contribution >= 0.6 is 15.9 Å². The molecule has 1 amide bonds. The highest BCUT2D eigenvalue weighted by Crippen LogP contribution is 2.21. The second-order valence-corrected chi connectivity index (χ2v) is 9.56. The van der Waals surface area contributed by atoms with E-state index in [1.54, 1.807) is 43.1 Å². The lowest BCUT2D eigenvalue weighted by Crippen LogP contribution is -2.31. The van der Waals surface area contributed by atoms with Gasteiger partial charge in [-0.25, -0.2) is 13.4 Å². The van der Waals surface area contributed by atoms with Crippen LogP contribution in [0, 0.1) is 0 Å². The molecule has 1 aliphatic rings. The van der Waals surface area contributed by atoms with Crippen molar-refractivity contribution in [2.75, 3.05) is 26.2 Å². The average Bonchev–Trinajstić information content (AvgIpc) is 3.18. The predicted molar refractivity (Wildman–Crippen MR) is 113 cm³/mol. The largest absolute Gasteiger partial charge is 0.472 e. The van der Waals surface area contributed by atoms with Gasteiger partial charge in [-0.15, -0.1) is 0 Å². The van der Waals surface area contributed by atoms with Gasteiger partial charge in [-0.3, -0.25) is 4.79 Å². The standard InChI is InChI=1S/C20H24BrN3O4S/c1-3-24(4-2)29(26,27)18-8-5-15(6-9-18)20(25)23-12-11-17(14-23)28-19-10-7-16(21)13-22-19/h5-10,13,17H,3-4,11-12,14H2,1-2H3.